The molecule has 0 heterocycles. The SMILES string of the molecule is CC(C)(C)C(=O)C(O)C(=O)NC1CC([N+](=O)[O-])CCC1Cl. The van der Waals surface area contributed by atoms with Gasteiger partial charge in [-0.2, -0.15) is 0 Å². The zero-order chi connectivity index (χ0) is 16.4. The van der Waals surface area contributed by atoms with Crippen molar-refractivity contribution in [2.24, 2.45) is 5.41 Å². The lowest BCUT2D eigenvalue weighted by molar-refractivity contribution is -0.526. The topological polar surface area (TPSA) is 110 Å². The fourth-order valence-electron chi connectivity index (χ4n) is 2.24. The standard InChI is InChI=1S/C13H21ClN2O5/c1-13(2,3)11(18)10(17)12(19)15-9-6-7(16(20)21)4-5-8(9)14/h7-10,17H,4-6H2,1-3H3,(H,15,19). The van der Waals surface area contributed by atoms with E-state index in [1.807, 2.05) is 0 Å². The molecule has 1 aliphatic carbocycles. The summed E-state index contributed by atoms with van der Waals surface area (Å²) < 4.78 is 0. The second-order valence-corrected chi connectivity index (χ2v) is 6.96. The van der Waals surface area contributed by atoms with Gasteiger partial charge in [-0.3, -0.25) is 19.7 Å². The van der Waals surface area contributed by atoms with Gasteiger partial charge in [-0.25, -0.2) is 0 Å². The molecular formula is C13H21ClN2O5. The van der Waals surface area contributed by atoms with Crippen molar-refractivity contribution in [3.05, 3.63) is 10.1 Å². The van der Waals surface area contributed by atoms with Gasteiger partial charge in [0.15, 0.2) is 11.9 Å². The van der Waals surface area contributed by atoms with Gasteiger partial charge in [0.05, 0.1) is 11.4 Å². The van der Waals surface area contributed by atoms with E-state index < -0.39 is 45.6 Å². The first-order valence-corrected chi connectivity index (χ1v) is 7.28. The summed E-state index contributed by atoms with van der Waals surface area (Å²) in [6.45, 7) is 4.79. The van der Waals surface area contributed by atoms with Gasteiger partial charge >= 0.3 is 0 Å². The number of nitro groups is 1. The lowest BCUT2D eigenvalue weighted by Crippen LogP contribution is -2.53. The van der Waals surface area contributed by atoms with E-state index in [4.69, 9.17) is 11.6 Å². The number of Topliss-reactive ketones (excluding diaryl/α,β-unsaturated/α-hetero) is 1. The van der Waals surface area contributed by atoms with Crippen LogP contribution >= 0.6 is 11.6 Å². The summed E-state index contributed by atoms with van der Waals surface area (Å²) in [5.41, 5.74) is -0.854. The highest BCUT2D eigenvalue weighted by Gasteiger charge is 2.39. The number of alkyl halides is 1. The normalized spacial score (nSPS) is 27.8. The van der Waals surface area contributed by atoms with Crippen LogP contribution in [-0.2, 0) is 9.59 Å². The minimum Gasteiger partial charge on any atom is -0.376 e. The van der Waals surface area contributed by atoms with Crippen molar-refractivity contribution in [1.29, 1.82) is 0 Å². The molecule has 0 radical (unpaired) electrons. The number of rotatable bonds is 4. The summed E-state index contributed by atoms with van der Waals surface area (Å²) in [5, 5.41) is 22.6. The zero-order valence-electron chi connectivity index (χ0n) is 12.3. The fraction of sp³-hybridized carbons (Fsp3) is 0.846. The molecule has 1 aliphatic rings. The van der Waals surface area contributed by atoms with Gasteiger partial charge in [0.2, 0.25) is 6.04 Å². The molecule has 120 valence electrons. The first-order chi connectivity index (χ1) is 9.54. The average Bonchev–Trinajstić information content (AvgIpc) is 2.38. The lowest BCUT2D eigenvalue weighted by Gasteiger charge is -2.30. The Bertz CT molecular complexity index is 435. The van der Waals surface area contributed by atoms with E-state index in [1.165, 1.54) is 0 Å². The Hall–Kier alpha value is -1.21. The predicted octanol–water partition coefficient (Wildman–Crippen LogP) is 0.884. The molecule has 1 fully saturated rings. The van der Waals surface area contributed by atoms with Crippen LogP contribution in [0.1, 0.15) is 40.0 Å². The minimum absolute atomic E-state index is 0.101. The summed E-state index contributed by atoms with van der Waals surface area (Å²) in [4.78, 5) is 34.2. The summed E-state index contributed by atoms with van der Waals surface area (Å²) in [5.74, 6) is -1.46. The van der Waals surface area contributed by atoms with E-state index in [0.29, 0.717) is 12.8 Å². The molecule has 0 saturated heterocycles. The monoisotopic (exact) mass is 320 g/mol. The Morgan fingerprint density at radius 1 is 1.38 bits per heavy atom. The summed E-state index contributed by atoms with van der Waals surface area (Å²) in [7, 11) is 0. The molecule has 1 rings (SSSR count). The van der Waals surface area contributed by atoms with Gasteiger partial charge in [-0.05, 0) is 6.42 Å². The Balaban J connectivity index is 2.68. The summed E-state index contributed by atoms with van der Waals surface area (Å²) in [6.07, 6.45) is -0.924. The third-order valence-electron chi connectivity index (χ3n) is 3.60. The van der Waals surface area contributed by atoms with Crippen molar-refractivity contribution in [2.45, 2.75) is 63.6 Å². The third-order valence-corrected chi connectivity index (χ3v) is 4.12. The first-order valence-electron chi connectivity index (χ1n) is 6.84. The van der Waals surface area contributed by atoms with Gasteiger partial charge in [0.25, 0.3) is 5.91 Å². The van der Waals surface area contributed by atoms with E-state index in [2.05, 4.69) is 5.32 Å². The highest BCUT2D eigenvalue weighted by Crippen LogP contribution is 2.25. The number of amides is 1. The molecule has 4 unspecified atom stereocenters. The molecule has 1 saturated carbocycles. The quantitative estimate of drug-likeness (QED) is 0.346. The number of hydrogen-bond donors (Lipinski definition) is 2. The maximum Gasteiger partial charge on any atom is 0.256 e. The van der Waals surface area contributed by atoms with Crippen LogP contribution in [0, 0.1) is 15.5 Å². The van der Waals surface area contributed by atoms with Crippen molar-refractivity contribution in [3.8, 4) is 0 Å². The summed E-state index contributed by atoms with van der Waals surface area (Å²) in [6, 6.07) is -1.38. The molecule has 7 nitrogen and oxygen atoms in total. The first kappa shape index (κ1) is 17.8. The van der Waals surface area contributed by atoms with Crippen molar-refractivity contribution >= 4 is 23.3 Å². The number of halogens is 1. The number of aliphatic hydroxyl groups is 1. The van der Waals surface area contributed by atoms with Gasteiger partial charge in [0, 0.05) is 23.2 Å². The molecule has 8 heteroatoms. The van der Waals surface area contributed by atoms with Gasteiger partial charge < -0.3 is 10.4 Å². The van der Waals surface area contributed by atoms with E-state index in [9.17, 15) is 24.8 Å². The number of hydrogen-bond acceptors (Lipinski definition) is 5. The molecule has 0 aliphatic heterocycles. The predicted molar refractivity (Wildman–Crippen MR) is 76.7 cm³/mol. The Labute approximate surface area is 128 Å². The second-order valence-electron chi connectivity index (χ2n) is 6.40. The van der Waals surface area contributed by atoms with E-state index in [-0.39, 0.29) is 6.42 Å². The Morgan fingerprint density at radius 3 is 2.43 bits per heavy atom. The number of nitrogens with zero attached hydrogens (tertiary/aromatic N) is 1. The molecule has 4 atom stereocenters. The smallest absolute Gasteiger partial charge is 0.256 e. The van der Waals surface area contributed by atoms with Crippen LogP contribution in [0.5, 0.6) is 0 Å². The van der Waals surface area contributed by atoms with Crippen LogP contribution in [0.2, 0.25) is 0 Å². The molecule has 0 aromatic rings. The minimum atomic E-state index is -1.79. The van der Waals surface area contributed by atoms with Crippen LogP contribution in [-0.4, -0.2) is 45.3 Å². The molecule has 0 spiro atoms. The largest absolute Gasteiger partial charge is 0.376 e. The van der Waals surface area contributed by atoms with Crippen molar-refractivity contribution < 1.29 is 19.6 Å². The highest BCUT2D eigenvalue weighted by atomic mass is 35.5. The molecule has 0 bridgehead atoms. The van der Waals surface area contributed by atoms with Crippen molar-refractivity contribution in [3.63, 3.8) is 0 Å². The molecule has 2 N–H and O–H groups in total. The highest BCUT2D eigenvalue weighted by molar-refractivity contribution is 6.21. The second kappa shape index (κ2) is 6.70. The van der Waals surface area contributed by atoms with E-state index in [0.717, 1.165) is 0 Å². The van der Waals surface area contributed by atoms with E-state index in [1.54, 1.807) is 20.8 Å². The molecule has 0 aromatic carbocycles. The van der Waals surface area contributed by atoms with Crippen molar-refractivity contribution in [2.75, 3.05) is 0 Å². The van der Waals surface area contributed by atoms with Gasteiger partial charge in [0.1, 0.15) is 0 Å². The summed E-state index contributed by atoms with van der Waals surface area (Å²) >= 11 is 6.07. The third kappa shape index (κ3) is 4.64. The molecule has 1 amide bonds. The van der Waals surface area contributed by atoms with Gasteiger partial charge in [-0.1, -0.05) is 20.8 Å². The molecular weight excluding hydrogens is 300 g/mol. The Morgan fingerprint density at radius 2 is 1.95 bits per heavy atom. The maximum absolute atomic E-state index is 11.9. The van der Waals surface area contributed by atoms with E-state index >= 15 is 0 Å². The molecule has 0 aromatic heterocycles. The average molecular weight is 321 g/mol. The molecule has 21 heavy (non-hydrogen) atoms. The number of carbonyl (C=O) groups is 2. The maximum atomic E-state index is 11.9. The number of carbonyl (C=O) groups excluding carboxylic acids is 2. The van der Waals surface area contributed by atoms with Crippen LogP contribution in [0.25, 0.3) is 0 Å². The van der Waals surface area contributed by atoms with Gasteiger partial charge in [-0.15, -0.1) is 11.6 Å². The Kier molecular flexibility index (Phi) is 5.69. The van der Waals surface area contributed by atoms with Crippen LogP contribution in [0.4, 0.5) is 0 Å². The van der Waals surface area contributed by atoms with Crippen LogP contribution in [0.15, 0.2) is 0 Å². The number of ketones is 1. The zero-order valence-corrected chi connectivity index (χ0v) is 13.1. The lowest BCUT2D eigenvalue weighted by atomic mass is 9.86. The van der Waals surface area contributed by atoms with Crippen molar-refractivity contribution in [1.82, 2.24) is 5.32 Å². The fourth-order valence-corrected chi connectivity index (χ4v) is 2.53. The van der Waals surface area contributed by atoms with Crippen LogP contribution < -0.4 is 5.32 Å². The number of nitrogens with one attached hydrogen (secondary N) is 1. The number of aliphatic hydroxyl groups excluding tert-OH is 1. The van der Waals surface area contributed by atoms with Crippen LogP contribution in [0.3, 0.4) is 0 Å².